The third-order valence-corrected chi connectivity index (χ3v) is 8.00. The van der Waals surface area contributed by atoms with Gasteiger partial charge in [0.2, 0.25) is 11.8 Å². The fourth-order valence-electron chi connectivity index (χ4n) is 6.15. The number of benzene rings is 2. The number of hydrogen-bond donors (Lipinski definition) is 0. The minimum atomic E-state index is -0.237. The number of nitrogens with zero attached hydrogens (tertiary/aromatic N) is 4. The van der Waals surface area contributed by atoms with E-state index in [2.05, 4.69) is 11.0 Å². The second kappa shape index (κ2) is 9.02. The zero-order chi connectivity index (χ0) is 23.9. The van der Waals surface area contributed by atoms with Crippen molar-refractivity contribution in [1.82, 2.24) is 4.90 Å². The Kier molecular flexibility index (Phi) is 5.71. The van der Waals surface area contributed by atoms with Gasteiger partial charge in [0.1, 0.15) is 12.6 Å². The van der Waals surface area contributed by atoms with E-state index in [1.165, 1.54) is 5.56 Å². The first-order chi connectivity index (χ1) is 17.1. The highest BCUT2D eigenvalue weighted by Gasteiger charge is 2.41. The summed E-state index contributed by atoms with van der Waals surface area (Å²) in [6.07, 6.45) is 6.90. The number of anilines is 3. The molecule has 1 atom stereocenters. The maximum Gasteiger partial charge on any atom is 0.253 e. The van der Waals surface area contributed by atoms with Crippen molar-refractivity contribution in [2.75, 3.05) is 47.4 Å². The summed E-state index contributed by atoms with van der Waals surface area (Å²) >= 11 is 0. The Labute approximate surface area is 206 Å². The van der Waals surface area contributed by atoms with Crippen molar-refractivity contribution in [2.24, 2.45) is 0 Å². The van der Waals surface area contributed by atoms with Crippen LogP contribution in [-0.4, -0.2) is 61.4 Å². The zero-order valence-corrected chi connectivity index (χ0v) is 20.1. The molecule has 0 aromatic heterocycles. The van der Waals surface area contributed by atoms with E-state index < -0.39 is 0 Å². The molecule has 0 aliphatic carbocycles. The van der Waals surface area contributed by atoms with Gasteiger partial charge < -0.3 is 14.7 Å². The number of likely N-dealkylation sites (tertiary alicyclic amines) is 1. The Bertz CT molecular complexity index is 1170. The number of rotatable bonds is 3. The van der Waals surface area contributed by atoms with Crippen LogP contribution in [-0.2, 0) is 16.0 Å². The number of hydrogen-bond acceptors (Lipinski definition) is 4. The summed E-state index contributed by atoms with van der Waals surface area (Å²) in [7, 11) is 0. The van der Waals surface area contributed by atoms with Gasteiger partial charge in [-0.25, -0.2) is 0 Å². The van der Waals surface area contributed by atoms with E-state index in [1.54, 1.807) is 9.80 Å². The normalized spacial score (nSPS) is 21.5. The Morgan fingerprint density at radius 1 is 0.829 bits per heavy atom. The molecule has 2 fully saturated rings. The first-order valence-electron chi connectivity index (χ1n) is 13.0. The highest BCUT2D eigenvalue weighted by molar-refractivity contribution is 6.11. The second-order valence-corrected chi connectivity index (χ2v) is 10.1. The minimum absolute atomic E-state index is 0.00807. The molecule has 4 aliphatic rings. The molecule has 2 aromatic carbocycles. The van der Waals surface area contributed by atoms with Crippen LogP contribution in [0.2, 0.25) is 0 Å². The van der Waals surface area contributed by atoms with Gasteiger partial charge in [-0.3, -0.25) is 19.3 Å². The van der Waals surface area contributed by atoms with Crippen LogP contribution in [0.5, 0.6) is 0 Å². The largest absolute Gasteiger partial charge is 0.358 e. The summed E-state index contributed by atoms with van der Waals surface area (Å²) in [5.41, 5.74) is 4.35. The van der Waals surface area contributed by atoms with Crippen molar-refractivity contribution in [2.45, 2.75) is 51.0 Å². The van der Waals surface area contributed by atoms with Gasteiger partial charge in [-0.1, -0.05) is 18.2 Å². The summed E-state index contributed by atoms with van der Waals surface area (Å²) in [4.78, 5) is 48.0. The van der Waals surface area contributed by atoms with Crippen LogP contribution < -0.4 is 14.7 Å². The quantitative estimate of drug-likeness (QED) is 0.685. The summed E-state index contributed by atoms with van der Waals surface area (Å²) in [5, 5.41) is 0. The van der Waals surface area contributed by atoms with Crippen LogP contribution in [0.25, 0.3) is 0 Å². The van der Waals surface area contributed by atoms with Crippen molar-refractivity contribution in [3.05, 3.63) is 53.6 Å². The number of carbonyl (C=O) groups excluding carboxylic acids is 3. The van der Waals surface area contributed by atoms with Crippen LogP contribution >= 0.6 is 0 Å². The minimum Gasteiger partial charge on any atom is -0.358 e. The first kappa shape index (κ1) is 22.1. The van der Waals surface area contributed by atoms with Gasteiger partial charge in [0, 0.05) is 37.4 Å². The van der Waals surface area contributed by atoms with Gasteiger partial charge in [0.05, 0.1) is 11.4 Å². The monoisotopic (exact) mass is 472 g/mol. The predicted molar refractivity (Wildman–Crippen MR) is 136 cm³/mol. The molecule has 0 bridgehead atoms. The van der Waals surface area contributed by atoms with Crippen LogP contribution in [0.4, 0.5) is 17.1 Å². The van der Waals surface area contributed by atoms with Crippen molar-refractivity contribution in [3.63, 3.8) is 0 Å². The molecule has 7 nitrogen and oxygen atoms in total. The molecule has 0 spiro atoms. The van der Waals surface area contributed by atoms with Gasteiger partial charge in [0.15, 0.2) is 0 Å². The van der Waals surface area contributed by atoms with Gasteiger partial charge in [-0.05, 0) is 74.8 Å². The smallest absolute Gasteiger partial charge is 0.253 e. The van der Waals surface area contributed by atoms with Gasteiger partial charge >= 0.3 is 0 Å². The summed E-state index contributed by atoms with van der Waals surface area (Å²) in [5.74, 6) is -0.0904. The number of carbonyl (C=O) groups is 3. The lowest BCUT2D eigenvalue weighted by Crippen LogP contribution is -2.57. The van der Waals surface area contributed by atoms with Gasteiger partial charge in [-0.15, -0.1) is 0 Å². The summed E-state index contributed by atoms with van der Waals surface area (Å²) in [6.45, 7) is 3.01. The molecule has 2 aromatic rings. The van der Waals surface area contributed by atoms with E-state index >= 15 is 0 Å². The van der Waals surface area contributed by atoms with E-state index in [9.17, 15) is 14.4 Å². The Morgan fingerprint density at radius 2 is 1.63 bits per heavy atom. The molecular formula is C28H32N4O3. The third-order valence-electron chi connectivity index (χ3n) is 8.00. The van der Waals surface area contributed by atoms with Crippen molar-refractivity contribution in [3.8, 4) is 0 Å². The molecule has 7 heteroatoms. The highest BCUT2D eigenvalue weighted by Crippen LogP contribution is 2.40. The van der Waals surface area contributed by atoms with Crippen LogP contribution in [0.1, 0.15) is 54.4 Å². The lowest BCUT2D eigenvalue weighted by Gasteiger charge is -2.45. The van der Waals surface area contributed by atoms with Crippen LogP contribution in [0, 0.1) is 0 Å². The number of piperidine rings is 2. The molecule has 0 radical (unpaired) electrons. The maximum atomic E-state index is 13.7. The standard InChI is InChI=1S/C28H32N4O3/c33-26(31-17-13-20-8-2-3-9-22(20)31)19-32-25-18-21(27(34)29-14-5-1-6-15-29)11-12-23(25)30-16-7-4-10-24(30)28(32)35/h2-3,8-9,11-12,18,24H,1,4-7,10,13-17,19H2. The molecule has 6 rings (SSSR count). The lowest BCUT2D eigenvalue weighted by atomic mass is 9.95. The molecule has 182 valence electrons. The molecule has 35 heavy (non-hydrogen) atoms. The number of para-hydroxylation sites is 1. The fourth-order valence-corrected chi connectivity index (χ4v) is 6.15. The van der Waals surface area contributed by atoms with Crippen molar-refractivity contribution in [1.29, 1.82) is 0 Å². The molecule has 0 N–H and O–H groups in total. The molecule has 4 heterocycles. The summed E-state index contributed by atoms with van der Waals surface area (Å²) in [6, 6.07) is 13.5. The van der Waals surface area contributed by atoms with E-state index in [0.29, 0.717) is 17.8 Å². The van der Waals surface area contributed by atoms with E-state index in [0.717, 1.165) is 76.0 Å². The molecule has 3 amide bonds. The van der Waals surface area contributed by atoms with Crippen molar-refractivity contribution < 1.29 is 14.4 Å². The Balaban J connectivity index is 1.33. The third kappa shape index (κ3) is 3.87. The van der Waals surface area contributed by atoms with E-state index in [1.807, 2.05) is 41.3 Å². The number of fused-ring (bicyclic) bond motifs is 4. The predicted octanol–water partition coefficient (Wildman–Crippen LogP) is 3.61. The molecule has 0 saturated carbocycles. The number of amides is 3. The lowest BCUT2D eigenvalue weighted by molar-refractivity contribution is -0.123. The van der Waals surface area contributed by atoms with Crippen LogP contribution in [0.15, 0.2) is 42.5 Å². The van der Waals surface area contributed by atoms with Gasteiger partial charge in [0.25, 0.3) is 5.91 Å². The molecule has 2 saturated heterocycles. The highest BCUT2D eigenvalue weighted by atomic mass is 16.2. The van der Waals surface area contributed by atoms with E-state index in [-0.39, 0.29) is 30.3 Å². The van der Waals surface area contributed by atoms with Crippen molar-refractivity contribution >= 4 is 34.8 Å². The average Bonchev–Trinajstić information content (AvgIpc) is 3.35. The van der Waals surface area contributed by atoms with Gasteiger partial charge in [-0.2, -0.15) is 0 Å². The Morgan fingerprint density at radius 3 is 2.49 bits per heavy atom. The second-order valence-electron chi connectivity index (χ2n) is 10.1. The average molecular weight is 473 g/mol. The van der Waals surface area contributed by atoms with Crippen LogP contribution in [0.3, 0.4) is 0 Å². The molecular weight excluding hydrogens is 440 g/mol. The first-order valence-corrected chi connectivity index (χ1v) is 13.0. The maximum absolute atomic E-state index is 13.7. The molecule has 4 aliphatic heterocycles. The SMILES string of the molecule is O=C(c1ccc2c(c1)N(CC(=O)N1CCc3ccccc31)C(=O)C1CCCCN21)N1CCCCC1. The topological polar surface area (TPSA) is 64.2 Å². The Hall–Kier alpha value is -3.35. The fraction of sp³-hybridized carbons (Fsp3) is 0.464. The zero-order valence-electron chi connectivity index (χ0n) is 20.1. The summed E-state index contributed by atoms with van der Waals surface area (Å²) < 4.78 is 0. The van der Waals surface area contributed by atoms with E-state index in [4.69, 9.17) is 0 Å². The molecule has 1 unspecified atom stereocenters.